The molecule has 1 unspecified atom stereocenters. The number of phenols is 1. The second-order valence-corrected chi connectivity index (χ2v) is 5.61. The Balaban J connectivity index is 1.83. The number of aromatic hydroxyl groups is 1. The number of rotatable bonds is 5. The van der Waals surface area contributed by atoms with E-state index >= 15 is 0 Å². The van der Waals surface area contributed by atoms with Crippen LogP contribution in [0.5, 0.6) is 5.75 Å². The van der Waals surface area contributed by atoms with Gasteiger partial charge in [-0.2, -0.15) is 0 Å². The summed E-state index contributed by atoms with van der Waals surface area (Å²) in [6.07, 6.45) is 0.0654. The molecule has 0 bridgehead atoms. The first kappa shape index (κ1) is 17.3. The quantitative estimate of drug-likeness (QED) is 0.593. The number of aromatic nitrogens is 1. The Morgan fingerprint density at radius 2 is 2.04 bits per heavy atom. The first-order valence-corrected chi connectivity index (χ1v) is 7.76. The van der Waals surface area contributed by atoms with Crippen molar-refractivity contribution in [1.82, 2.24) is 10.3 Å². The van der Waals surface area contributed by atoms with Gasteiger partial charge in [0.2, 0.25) is 0 Å². The number of ether oxygens (including phenoxy) is 1. The van der Waals surface area contributed by atoms with Gasteiger partial charge in [0, 0.05) is 12.0 Å². The van der Waals surface area contributed by atoms with Gasteiger partial charge in [-0.25, -0.2) is 9.59 Å². The van der Waals surface area contributed by atoms with Gasteiger partial charge >= 0.3 is 11.7 Å². The first-order chi connectivity index (χ1) is 12.5. The van der Waals surface area contributed by atoms with E-state index in [1.54, 1.807) is 18.2 Å². The Morgan fingerprint density at radius 3 is 2.77 bits per heavy atom. The smallest absolute Gasteiger partial charge is 0.417 e. The molecule has 2 aromatic carbocycles. The van der Waals surface area contributed by atoms with Gasteiger partial charge in [0.1, 0.15) is 11.8 Å². The average Bonchev–Trinajstić information content (AvgIpc) is 3.01. The van der Waals surface area contributed by atoms with Crippen LogP contribution in [-0.2, 0) is 16.0 Å². The summed E-state index contributed by atoms with van der Waals surface area (Å²) in [6, 6.07) is 9.94. The highest BCUT2D eigenvalue weighted by molar-refractivity contribution is 5.99. The van der Waals surface area contributed by atoms with E-state index in [9.17, 15) is 19.5 Å². The van der Waals surface area contributed by atoms with Gasteiger partial charge in [-0.05, 0) is 29.8 Å². The summed E-state index contributed by atoms with van der Waals surface area (Å²) in [5.74, 6) is -1.77. The molecule has 0 radical (unpaired) electrons. The number of carbonyl (C=O) groups is 2. The highest BCUT2D eigenvalue weighted by Gasteiger charge is 2.24. The number of oxazole rings is 1. The molecule has 26 heavy (non-hydrogen) atoms. The second kappa shape index (κ2) is 7.14. The minimum absolute atomic E-state index is 0.0213. The van der Waals surface area contributed by atoms with Crippen LogP contribution in [0.4, 0.5) is 0 Å². The molecule has 3 aromatic rings. The molecule has 0 saturated heterocycles. The topological polar surface area (TPSA) is 122 Å². The van der Waals surface area contributed by atoms with Crippen LogP contribution in [0.25, 0.3) is 11.1 Å². The standard InChI is InChI=1S/C18H16N2O6/c1-25-17(23)13(8-10-4-2-3-5-14(10)21)19-16(22)11-6-7-15-12(9-11)20-18(24)26-15/h2-7,9,13,21H,8H2,1H3,(H,19,22)(H,20,24). The molecule has 1 heterocycles. The molecule has 8 nitrogen and oxygen atoms in total. The largest absolute Gasteiger partial charge is 0.508 e. The van der Waals surface area contributed by atoms with Crippen LogP contribution in [0.3, 0.4) is 0 Å². The molecule has 0 aliphatic rings. The lowest BCUT2D eigenvalue weighted by Gasteiger charge is -2.17. The molecule has 0 saturated carbocycles. The lowest BCUT2D eigenvalue weighted by atomic mass is 10.0. The van der Waals surface area contributed by atoms with Crippen LogP contribution in [0.1, 0.15) is 15.9 Å². The van der Waals surface area contributed by atoms with Crippen molar-refractivity contribution in [3.05, 3.63) is 64.1 Å². The minimum Gasteiger partial charge on any atom is -0.508 e. The van der Waals surface area contributed by atoms with Crippen LogP contribution < -0.4 is 11.1 Å². The first-order valence-electron chi connectivity index (χ1n) is 7.76. The lowest BCUT2D eigenvalue weighted by Crippen LogP contribution is -2.43. The number of hydrogen-bond acceptors (Lipinski definition) is 6. The van der Waals surface area contributed by atoms with Gasteiger partial charge < -0.3 is 19.6 Å². The number of nitrogens with one attached hydrogen (secondary N) is 2. The van der Waals surface area contributed by atoms with Gasteiger partial charge in [0.25, 0.3) is 5.91 Å². The van der Waals surface area contributed by atoms with Crippen molar-refractivity contribution in [2.24, 2.45) is 0 Å². The summed E-state index contributed by atoms with van der Waals surface area (Å²) in [4.78, 5) is 38.2. The number of amides is 1. The van der Waals surface area contributed by atoms with E-state index in [-0.39, 0.29) is 17.7 Å². The molecule has 3 N–H and O–H groups in total. The zero-order valence-electron chi connectivity index (χ0n) is 13.8. The van der Waals surface area contributed by atoms with Crippen LogP contribution in [-0.4, -0.2) is 35.1 Å². The molecular formula is C18H16N2O6. The van der Waals surface area contributed by atoms with E-state index < -0.39 is 23.7 Å². The van der Waals surface area contributed by atoms with Crippen molar-refractivity contribution in [3.63, 3.8) is 0 Å². The van der Waals surface area contributed by atoms with Gasteiger partial charge in [-0.15, -0.1) is 0 Å². The normalized spacial score (nSPS) is 11.9. The maximum absolute atomic E-state index is 12.5. The van der Waals surface area contributed by atoms with Crippen molar-refractivity contribution in [2.75, 3.05) is 7.11 Å². The van der Waals surface area contributed by atoms with E-state index in [1.807, 2.05) is 0 Å². The van der Waals surface area contributed by atoms with Crippen molar-refractivity contribution in [1.29, 1.82) is 0 Å². The summed E-state index contributed by atoms with van der Waals surface area (Å²) in [5.41, 5.74) is 1.43. The van der Waals surface area contributed by atoms with E-state index in [2.05, 4.69) is 10.3 Å². The van der Waals surface area contributed by atoms with Gasteiger partial charge in [0.15, 0.2) is 5.58 Å². The molecule has 8 heteroatoms. The maximum Gasteiger partial charge on any atom is 0.417 e. The zero-order valence-corrected chi connectivity index (χ0v) is 13.8. The summed E-state index contributed by atoms with van der Waals surface area (Å²) in [6.45, 7) is 0. The third-order valence-electron chi connectivity index (χ3n) is 3.89. The van der Waals surface area contributed by atoms with Crippen molar-refractivity contribution < 1.29 is 23.8 Å². The van der Waals surface area contributed by atoms with Crippen molar-refractivity contribution in [2.45, 2.75) is 12.5 Å². The van der Waals surface area contributed by atoms with E-state index in [0.717, 1.165) is 0 Å². The lowest BCUT2D eigenvalue weighted by molar-refractivity contribution is -0.142. The Bertz CT molecular complexity index is 1020. The number of esters is 1. The number of aromatic amines is 1. The summed E-state index contributed by atoms with van der Waals surface area (Å²) >= 11 is 0. The maximum atomic E-state index is 12.5. The number of hydrogen-bond donors (Lipinski definition) is 3. The SMILES string of the molecule is COC(=O)C(Cc1ccccc1O)NC(=O)c1ccc2oc(=O)[nH]c2c1. The van der Waals surface area contributed by atoms with Crippen LogP contribution >= 0.6 is 0 Å². The number of benzene rings is 2. The molecular weight excluding hydrogens is 340 g/mol. The second-order valence-electron chi connectivity index (χ2n) is 5.61. The average molecular weight is 356 g/mol. The van der Waals surface area contributed by atoms with Crippen LogP contribution in [0, 0.1) is 0 Å². The molecule has 1 amide bonds. The van der Waals surface area contributed by atoms with E-state index in [0.29, 0.717) is 16.7 Å². The molecule has 0 fully saturated rings. The van der Waals surface area contributed by atoms with E-state index in [4.69, 9.17) is 9.15 Å². The monoisotopic (exact) mass is 356 g/mol. The minimum atomic E-state index is -0.986. The van der Waals surface area contributed by atoms with Gasteiger partial charge in [-0.3, -0.25) is 9.78 Å². The van der Waals surface area contributed by atoms with E-state index in [1.165, 1.54) is 31.4 Å². The number of para-hydroxylation sites is 1. The number of carbonyl (C=O) groups excluding carboxylic acids is 2. The third-order valence-corrected chi connectivity index (χ3v) is 3.89. The van der Waals surface area contributed by atoms with Crippen molar-refractivity contribution in [3.8, 4) is 5.75 Å². The Morgan fingerprint density at radius 1 is 1.27 bits per heavy atom. The predicted octanol–water partition coefficient (Wildman–Crippen LogP) is 1.34. The summed E-state index contributed by atoms with van der Waals surface area (Å²) in [7, 11) is 1.22. The zero-order chi connectivity index (χ0) is 18.7. The molecule has 3 rings (SSSR count). The van der Waals surface area contributed by atoms with Crippen LogP contribution in [0.2, 0.25) is 0 Å². The fourth-order valence-electron chi connectivity index (χ4n) is 2.57. The Labute approximate surface area is 147 Å². The third kappa shape index (κ3) is 3.59. The van der Waals surface area contributed by atoms with Gasteiger partial charge in [-0.1, -0.05) is 18.2 Å². The summed E-state index contributed by atoms with van der Waals surface area (Å²) in [5, 5.41) is 12.5. The molecule has 0 aliphatic carbocycles. The number of phenolic OH excluding ortho intramolecular Hbond substituents is 1. The molecule has 1 aromatic heterocycles. The van der Waals surface area contributed by atoms with Crippen LogP contribution in [0.15, 0.2) is 51.7 Å². The predicted molar refractivity (Wildman–Crippen MR) is 91.9 cm³/mol. The highest BCUT2D eigenvalue weighted by atomic mass is 16.5. The fourth-order valence-corrected chi connectivity index (χ4v) is 2.57. The Hall–Kier alpha value is -3.55. The highest BCUT2D eigenvalue weighted by Crippen LogP contribution is 2.18. The molecule has 0 spiro atoms. The number of methoxy groups -OCH3 is 1. The summed E-state index contributed by atoms with van der Waals surface area (Å²) < 4.78 is 9.62. The number of fused-ring (bicyclic) bond motifs is 1. The Kier molecular flexibility index (Phi) is 4.74. The van der Waals surface area contributed by atoms with Crippen molar-refractivity contribution >= 4 is 23.0 Å². The van der Waals surface area contributed by atoms with Gasteiger partial charge in [0.05, 0.1) is 12.6 Å². The molecule has 0 aliphatic heterocycles. The fraction of sp³-hybridized carbons (Fsp3) is 0.167. The molecule has 1 atom stereocenters. The molecule has 134 valence electrons. The number of H-pyrrole nitrogens is 1.